The summed E-state index contributed by atoms with van der Waals surface area (Å²) < 4.78 is 19.4. The van der Waals surface area contributed by atoms with Crippen LogP contribution in [0, 0.1) is 5.41 Å². The Hall–Kier alpha value is -4.09. The molecule has 40 heavy (non-hydrogen) atoms. The van der Waals surface area contributed by atoms with Crippen LogP contribution in [0.25, 0.3) is 11.0 Å². The number of benzene rings is 1. The van der Waals surface area contributed by atoms with E-state index in [2.05, 4.69) is 20.8 Å². The molecule has 0 saturated carbocycles. The van der Waals surface area contributed by atoms with Crippen molar-refractivity contribution in [2.24, 2.45) is 12.5 Å². The van der Waals surface area contributed by atoms with Gasteiger partial charge in [-0.25, -0.2) is 9.78 Å². The van der Waals surface area contributed by atoms with Gasteiger partial charge in [0.25, 0.3) is 5.91 Å². The number of nitrogens with zero attached hydrogens (tertiary/aromatic N) is 3. The van der Waals surface area contributed by atoms with Gasteiger partial charge >= 0.3 is 6.09 Å². The maximum Gasteiger partial charge on any atom is 0.408 e. The molecule has 2 aromatic heterocycles. The Morgan fingerprint density at radius 3 is 2.33 bits per heavy atom. The van der Waals surface area contributed by atoms with Crippen LogP contribution in [0.4, 0.5) is 10.6 Å². The molecule has 0 spiro atoms. The van der Waals surface area contributed by atoms with Crippen LogP contribution in [0.1, 0.15) is 72.7 Å². The number of H-pyrrole nitrogens is 1. The molecule has 0 radical (unpaired) electrons. The third-order valence-electron chi connectivity index (χ3n) is 6.26. The number of aryl methyl sites for hydroxylation is 1. The predicted molar refractivity (Wildman–Crippen MR) is 150 cm³/mol. The molecule has 0 fully saturated rings. The number of rotatable bonds is 13. The van der Waals surface area contributed by atoms with Crippen molar-refractivity contribution in [2.75, 3.05) is 18.5 Å². The van der Waals surface area contributed by atoms with E-state index in [1.807, 2.05) is 65.3 Å². The van der Waals surface area contributed by atoms with Gasteiger partial charge in [-0.05, 0) is 32.4 Å². The quantitative estimate of drug-likeness (QED) is 0.257. The van der Waals surface area contributed by atoms with Crippen LogP contribution in [-0.2, 0) is 21.4 Å². The molecule has 0 aliphatic heterocycles. The average Bonchev–Trinajstić information content (AvgIpc) is 3.53. The number of fused-ring (bicyclic) bond motifs is 1. The zero-order valence-corrected chi connectivity index (χ0v) is 24.3. The highest BCUT2D eigenvalue weighted by molar-refractivity contribution is 6.42. The van der Waals surface area contributed by atoms with Crippen molar-refractivity contribution in [3.63, 3.8) is 0 Å². The first-order chi connectivity index (χ1) is 19.0. The molecule has 2 heterocycles. The van der Waals surface area contributed by atoms with Crippen LogP contribution >= 0.6 is 0 Å². The van der Waals surface area contributed by atoms with Crippen molar-refractivity contribution in [3.05, 3.63) is 30.2 Å². The number of Topliss-reactive ketones (excluding diaryl/α,β-unsaturated/α-hetero) is 1. The van der Waals surface area contributed by atoms with E-state index in [9.17, 15) is 14.4 Å². The molecule has 3 rings (SSSR count). The molecular formula is C28H40N6O6. The Labute approximate surface area is 234 Å². The van der Waals surface area contributed by atoms with Gasteiger partial charge in [0.1, 0.15) is 34.4 Å². The first-order valence-corrected chi connectivity index (χ1v) is 13.6. The van der Waals surface area contributed by atoms with Crippen molar-refractivity contribution in [1.82, 2.24) is 25.1 Å². The van der Waals surface area contributed by atoms with Gasteiger partial charge < -0.3 is 29.4 Å². The molecule has 12 heteroatoms. The van der Waals surface area contributed by atoms with Crippen molar-refractivity contribution in [3.8, 4) is 11.5 Å². The smallest absolute Gasteiger partial charge is 0.408 e. The van der Waals surface area contributed by atoms with E-state index in [1.54, 1.807) is 0 Å². The van der Waals surface area contributed by atoms with Gasteiger partial charge in [-0.1, -0.05) is 40.5 Å². The fourth-order valence-electron chi connectivity index (χ4n) is 4.30. The van der Waals surface area contributed by atoms with Gasteiger partial charge in [0.05, 0.1) is 19.4 Å². The molecule has 2 atom stereocenters. The summed E-state index contributed by atoms with van der Waals surface area (Å²) in [7, 11) is 1.83. The second kappa shape index (κ2) is 13.3. The number of alkyl carbamates (subject to hydrolysis) is 1. The van der Waals surface area contributed by atoms with E-state index in [4.69, 9.17) is 19.2 Å². The molecule has 0 aliphatic rings. The number of ether oxygens (including phenoxy) is 3. The Morgan fingerprint density at radius 2 is 1.73 bits per heavy atom. The molecule has 218 valence electrons. The molecule has 2 amide bonds. The van der Waals surface area contributed by atoms with E-state index in [0.29, 0.717) is 48.0 Å². The van der Waals surface area contributed by atoms with Crippen molar-refractivity contribution in [1.29, 1.82) is 0 Å². The summed E-state index contributed by atoms with van der Waals surface area (Å²) in [5.41, 5.74) is 0.730. The first-order valence-electron chi connectivity index (χ1n) is 13.6. The molecule has 12 nitrogen and oxygen atoms in total. The van der Waals surface area contributed by atoms with E-state index >= 15 is 0 Å². The second-order valence-electron chi connectivity index (χ2n) is 10.4. The highest BCUT2D eigenvalue weighted by Gasteiger charge is 2.36. The number of hydrogen-bond acceptors (Lipinski definition) is 8. The lowest BCUT2D eigenvalue weighted by Crippen LogP contribution is -2.46. The lowest BCUT2D eigenvalue weighted by atomic mass is 9.88. The summed E-state index contributed by atoms with van der Waals surface area (Å²) in [4.78, 5) is 43.6. The number of hydrogen-bond donors (Lipinski definition) is 3. The SMILES string of the molecule is CCCC[C@H](NC(=O)OC(c1nc2c(OCC)ccc(OCC)c2n1C)C(C)(C)C)C(=O)C(=O)Nc1ccn[nH]1. The highest BCUT2D eigenvalue weighted by Crippen LogP contribution is 2.40. The Bertz CT molecular complexity index is 1310. The zero-order valence-electron chi connectivity index (χ0n) is 24.3. The third-order valence-corrected chi connectivity index (χ3v) is 6.26. The number of carbonyl (C=O) groups is 3. The summed E-state index contributed by atoms with van der Waals surface area (Å²) in [5, 5.41) is 11.4. The number of carbonyl (C=O) groups excluding carboxylic acids is 3. The molecular weight excluding hydrogens is 516 g/mol. The highest BCUT2D eigenvalue weighted by atomic mass is 16.6. The molecule has 0 saturated heterocycles. The van der Waals surface area contributed by atoms with Crippen molar-refractivity contribution >= 4 is 34.6 Å². The number of anilines is 1. The topological polar surface area (TPSA) is 149 Å². The second-order valence-corrected chi connectivity index (χ2v) is 10.4. The number of ketones is 1. The standard InChI is InChI=1S/C28H40N6O6/c1-8-11-12-17(23(35)26(36)31-20-15-16-29-33-20)30-27(37)40-24(28(4,5)6)25-32-21-18(38-9-2)13-14-19(39-10-3)22(21)34(25)7/h13-17,24H,8-12H2,1-7H3,(H,30,37)(H2,29,31,33,36)/t17-,24?/m0/s1. The number of amides is 2. The van der Waals surface area contributed by atoms with Gasteiger partial charge in [-0.2, -0.15) is 5.10 Å². The summed E-state index contributed by atoms with van der Waals surface area (Å²) in [6, 6.07) is 4.10. The lowest BCUT2D eigenvalue weighted by molar-refractivity contribution is -0.136. The van der Waals surface area contributed by atoms with Crippen LogP contribution in [0.2, 0.25) is 0 Å². The van der Waals surface area contributed by atoms with Crippen molar-refractivity contribution in [2.45, 2.75) is 73.0 Å². The van der Waals surface area contributed by atoms with Crippen LogP contribution in [0.3, 0.4) is 0 Å². The number of imidazole rings is 1. The maximum atomic E-state index is 13.2. The summed E-state index contributed by atoms with van der Waals surface area (Å²) in [6.07, 6.45) is 1.50. The van der Waals surface area contributed by atoms with Gasteiger partial charge in [-0.3, -0.25) is 14.7 Å². The molecule has 3 N–H and O–H groups in total. The fourth-order valence-corrected chi connectivity index (χ4v) is 4.30. The summed E-state index contributed by atoms with van der Waals surface area (Å²) in [6.45, 7) is 12.4. The van der Waals surface area contributed by atoms with Gasteiger partial charge in [0, 0.05) is 18.5 Å². The van der Waals surface area contributed by atoms with E-state index < -0.39 is 35.3 Å². The fraction of sp³-hybridized carbons (Fsp3) is 0.536. The number of unbranched alkanes of at least 4 members (excludes halogenated alkanes) is 1. The third kappa shape index (κ3) is 7.10. The van der Waals surface area contributed by atoms with Crippen molar-refractivity contribution < 1.29 is 28.6 Å². The van der Waals surface area contributed by atoms with Crippen LogP contribution in [0.15, 0.2) is 24.4 Å². The van der Waals surface area contributed by atoms with E-state index in [1.165, 1.54) is 12.3 Å². The molecule has 3 aromatic rings. The molecule has 0 bridgehead atoms. The normalized spacial score (nSPS) is 13.0. The zero-order chi connectivity index (χ0) is 29.4. The minimum absolute atomic E-state index is 0.280. The van der Waals surface area contributed by atoms with Gasteiger partial charge in [-0.15, -0.1) is 0 Å². The van der Waals surface area contributed by atoms with E-state index in [-0.39, 0.29) is 12.2 Å². The first kappa shape index (κ1) is 30.5. The number of aromatic nitrogens is 4. The lowest BCUT2D eigenvalue weighted by Gasteiger charge is -2.30. The molecule has 0 aliphatic carbocycles. The number of aromatic amines is 1. The Kier molecular flexibility index (Phi) is 10.1. The van der Waals surface area contributed by atoms with Gasteiger partial charge in [0.2, 0.25) is 5.78 Å². The predicted octanol–water partition coefficient (Wildman–Crippen LogP) is 4.67. The van der Waals surface area contributed by atoms with Crippen LogP contribution in [0.5, 0.6) is 11.5 Å². The Morgan fingerprint density at radius 1 is 1.05 bits per heavy atom. The van der Waals surface area contributed by atoms with E-state index in [0.717, 1.165) is 6.42 Å². The minimum Gasteiger partial charge on any atom is -0.492 e. The monoisotopic (exact) mass is 556 g/mol. The summed E-state index contributed by atoms with van der Waals surface area (Å²) >= 11 is 0. The molecule has 1 unspecified atom stereocenters. The largest absolute Gasteiger partial charge is 0.492 e. The van der Waals surface area contributed by atoms with Crippen LogP contribution in [-0.4, -0.2) is 56.8 Å². The minimum atomic E-state index is -1.06. The average molecular weight is 557 g/mol. The maximum absolute atomic E-state index is 13.2. The summed E-state index contributed by atoms with van der Waals surface area (Å²) in [5.74, 6) is 0.348. The molecule has 1 aromatic carbocycles. The number of nitrogens with one attached hydrogen (secondary N) is 3. The Balaban J connectivity index is 1.90. The van der Waals surface area contributed by atoms with Gasteiger partial charge in [0.15, 0.2) is 11.9 Å². The van der Waals surface area contributed by atoms with Crippen LogP contribution < -0.4 is 20.1 Å².